The van der Waals surface area contributed by atoms with E-state index in [-0.39, 0.29) is 11.8 Å². The van der Waals surface area contributed by atoms with Crippen LogP contribution in [0.25, 0.3) is 0 Å². The summed E-state index contributed by atoms with van der Waals surface area (Å²) >= 11 is 0. The molecule has 5 nitrogen and oxygen atoms in total. The molecular weight excluding hydrogens is 240 g/mol. The zero-order valence-corrected chi connectivity index (χ0v) is 10.7. The number of nitrogens with one attached hydrogen (secondary N) is 2. The summed E-state index contributed by atoms with van der Waals surface area (Å²) in [7, 11) is 0. The number of nitrogens with zero attached hydrogens (tertiary/aromatic N) is 1. The number of H-pyrrole nitrogens is 1. The highest BCUT2D eigenvalue weighted by molar-refractivity contribution is 5.83. The third kappa shape index (κ3) is 3.66. The van der Waals surface area contributed by atoms with Gasteiger partial charge >= 0.3 is 0 Å². The van der Waals surface area contributed by atoms with Crippen LogP contribution >= 0.6 is 0 Å². The molecule has 5 heteroatoms. The van der Waals surface area contributed by atoms with E-state index in [9.17, 15) is 4.79 Å². The van der Waals surface area contributed by atoms with Crippen LogP contribution in [0.1, 0.15) is 17.2 Å². The fourth-order valence-electron chi connectivity index (χ4n) is 1.94. The molecule has 100 valence electrons. The van der Waals surface area contributed by atoms with Crippen molar-refractivity contribution < 1.29 is 4.79 Å². The van der Waals surface area contributed by atoms with Crippen molar-refractivity contribution in [2.45, 2.75) is 12.3 Å². The first-order valence-electron chi connectivity index (χ1n) is 6.31. The molecule has 0 aliphatic carbocycles. The van der Waals surface area contributed by atoms with Crippen molar-refractivity contribution >= 4 is 5.91 Å². The summed E-state index contributed by atoms with van der Waals surface area (Å²) in [6.45, 7) is 0.879. The van der Waals surface area contributed by atoms with Gasteiger partial charge in [0.2, 0.25) is 5.91 Å². The summed E-state index contributed by atoms with van der Waals surface area (Å²) in [5, 5.41) is 2.90. The van der Waals surface area contributed by atoms with Gasteiger partial charge in [-0.15, -0.1) is 0 Å². The van der Waals surface area contributed by atoms with Crippen LogP contribution in [0.5, 0.6) is 0 Å². The van der Waals surface area contributed by atoms with E-state index in [2.05, 4.69) is 15.3 Å². The molecule has 19 heavy (non-hydrogen) atoms. The highest BCUT2D eigenvalue weighted by atomic mass is 16.1. The van der Waals surface area contributed by atoms with Crippen LogP contribution in [-0.4, -0.2) is 29.0 Å². The van der Waals surface area contributed by atoms with Crippen LogP contribution in [0, 0.1) is 0 Å². The number of nitrogens with two attached hydrogens (primary N) is 1. The Bertz CT molecular complexity index is 495. The number of aromatic nitrogens is 2. The molecular formula is C14H18N4O. The van der Waals surface area contributed by atoms with Crippen molar-refractivity contribution in [1.82, 2.24) is 15.3 Å². The van der Waals surface area contributed by atoms with Gasteiger partial charge in [-0.2, -0.15) is 0 Å². The predicted molar refractivity (Wildman–Crippen MR) is 73.5 cm³/mol. The van der Waals surface area contributed by atoms with Crippen LogP contribution in [0.4, 0.5) is 0 Å². The SMILES string of the molecule is NCC(C(=O)NCCc1cnc[nH]1)c1ccccc1. The maximum atomic E-state index is 12.1. The normalized spacial score (nSPS) is 12.1. The molecule has 0 fully saturated rings. The average Bonchev–Trinajstić information content (AvgIpc) is 2.94. The fraction of sp³-hybridized carbons (Fsp3) is 0.286. The lowest BCUT2D eigenvalue weighted by Gasteiger charge is -2.15. The molecule has 1 aromatic carbocycles. The van der Waals surface area contributed by atoms with E-state index >= 15 is 0 Å². The van der Waals surface area contributed by atoms with Crippen LogP contribution in [0.15, 0.2) is 42.9 Å². The number of hydrogen-bond donors (Lipinski definition) is 3. The summed E-state index contributed by atoms with van der Waals surface area (Å²) in [5.74, 6) is -0.323. The van der Waals surface area contributed by atoms with Crippen molar-refractivity contribution in [3.8, 4) is 0 Å². The van der Waals surface area contributed by atoms with Crippen LogP contribution in [0.3, 0.4) is 0 Å². The minimum absolute atomic E-state index is 0.0341. The third-order valence-electron chi connectivity index (χ3n) is 3.00. The van der Waals surface area contributed by atoms with E-state index in [0.29, 0.717) is 13.1 Å². The molecule has 0 saturated carbocycles. The van der Waals surface area contributed by atoms with Gasteiger partial charge in [-0.1, -0.05) is 30.3 Å². The lowest BCUT2D eigenvalue weighted by molar-refractivity contribution is -0.122. The first-order chi connectivity index (χ1) is 9.31. The van der Waals surface area contributed by atoms with E-state index in [1.807, 2.05) is 30.3 Å². The Morgan fingerprint density at radius 2 is 2.16 bits per heavy atom. The smallest absolute Gasteiger partial charge is 0.228 e. The molecule has 0 spiro atoms. The Hall–Kier alpha value is -2.14. The van der Waals surface area contributed by atoms with E-state index < -0.39 is 0 Å². The number of carbonyl (C=O) groups is 1. The molecule has 1 aromatic heterocycles. The molecule has 0 bridgehead atoms. The van der Waals surface area contributed by atoms with Crippen LogP contribution < -0.4 is 11.1 Å². The largest absolute Gasteiger partial charge is 0.355 e. The number of carbonyl (C=O) groups excluding carboxylic acids is 1. The van der Waals surface area contributed by atoms with Gasteiger partial charge in [-0.3, -0.25) is 4.79 Å². The molecule has 0 aliphatic heterocycles. The topological polar surface area (TPSA) is 83.8 Å². The molecule has 1 heterocycles. The molecule has 1 amide bonds. The minimum atomic E-state index is -0.289. The zero-order chi connectivity index (χ0) is 13.5. The number of benzene rings is 1. The van der Waals surface area contributed by atoms with Gasteiger partial charge < -0.3 is 16.0 Å². The van der Waals surface area contributed by atoms with Crippen LogP contribution in [0.2, 0.25) is 0 Å². The summed E-state index contributed by atoms with van der Waals surface area (Å²) < 4.78 is 0. The molecule has 1 unspecified atom stereocenters. The number of hydrogen-bond acceptors (Lipinski definition) is 3. The van der Waals surface area contributed by atoms with Crippen molar-refractivity contribution in [2.24, 2.45) is 5.73 Å². The second-order valence-electron chi connectivity index (χ2n) is 4.32. The first-order valence-corrected chi connectivity index (χ1v) is 6.31. The van der Waals surface area contributed by atoms with Crippen molar-refractivity contribution in [3.05, 3.63) is 54.1 Å². The van der Waals surface area contributed by atoms with Gasteiger partial charge in [-0.05, 0) is 5.56 Å². The highest BCUT2D eigenvalue weighted by Crippen LogP contribution is 2.13. The molecule has 0 radical (unpaired) electrons. The van der Waals surface area contributed by atoms with Gasteiger partial charge in [-0.25, -0.2) is 4.98 Å². The number of amides is 1. The molecule has 0 aliphatic rings. The standard InChI is InChI=1S/C14H18N4O/c15-8-13(11-4-2-1-3-5-11)14(19)17-7-6-12-9-16-10-18-12/h1-5,9-10,13H,6-8,15H2,(H,16,18)(H,17,19). The summed E-state index contributed by atoms with van der Waals surface area (Å²) in [5.41, 5.74) is 7.65. The van der Waals surface area contributed by atoms with E-state index in [1.54, 1.807) is 12.5 Å². The number of aromatic amines is 1. The maximum absolute atomic E-state index is 12.1. The van der Waals surface area contributed by atoms with E-state index in [0.717, 1.165) is 17.7 Å². The molecule has 4 N–H and O–H groups in total. The number of rotatable bonds is 6. The van der Waals surface area contributed by atoms with Gasteiger partial charge in [0.05, 0.1) is 12.2 Å². The predicted octanol–water partition coefficient (Wildman–Crippen LogP) is 0.811. The monoisotopic (exact) mass is 258 g/mol. The third-order valence-corrected chi connectivity index (χ3v) is 3.00. The summed E-state index contributed by atoms with van der Waals surface area (Å²) in [6.07, 6.45) is 4.12. The second kappa shape index (κ2) is 6.70. The van der Waals surface area contributed by atoms with Crippen molar-refractivity contribution in [3.63, 3.8) is 0 Å². The molecule has 2 rings (SSSR count). The summed E-state index contributed by atoms with van der Waals surface area (Å²) in [6, 6.07) is 9.59. The van der Waals surface area contributed by atoms with Gasteiger partial charge in [0, 0.05) is 31.4 Å². The van der Waals surface area contributed by atoms with Crippen molar-refractivity contribution in [1.29, 1.82) is 0 Å². The Balaban J connectivity index is 1.87. The second-order valence-corrected chi connectivity index (χ2v) is 4.32. The quantitative estimate of drug-likeness (QED) is 0.717. The van der Waals surface area contributed by atoms with Gasteiger partial charge in [0.1, 0.15) is 0 Å². The first kappa shape index (κ1) is 13.3. The Morgan fingerprint density at radius 3 is 2.79 bits per heavy atom. The van der Waals surface area contributed by atoms with Gasteiger partial charge in [0.15, 0.2) is 0 Å². The lowest BCUT2D eigenvalue weighted by Crippen LogP contribution is -2.34. The Morgan fingerprint density at radius 1 is 1.37 bits per heavy atom. The Kier molecular flexibility index (Phi) is 4.69. The minimum Gasteiger partial charge on any atom is -0.355 e. The zero-order valence-electron chi connectivity index (χ0n) is 10.7. The molecule has 1 atom stereocenters. The maximum Gasteiger partial charge on any atom is 0.228 e. The van der Waals surface area contributed by atoms with Gasteiger partial charge in [0.25, 0.3) is 0 Å². The summed E-state index contributed by atoms with van der Waals surface area (Å²) in [4.78, 5) is 19.0. The Labute approximate surface area is 112 Å². The fourth-order valence-corrected chi connectivity index (χ4v) is 1.94. The highest BCUT2D eigenvalue weighted by Gasteiger charge is 2.17. The van der Waals surface area contributed by atoms with E-state index in [1.165, 1.54) is 0 Å². The van der Waals surface area contributed by atoms with Crippen LogP contribution in [-0.2, 0) is 11.2 Å². The van der Waals surface area contributed by atoms with Crippen molar-refractivity contribution in [2.75, 3.05) is 13.1 Å². The number of imidazole rings is 1. The molecule has 2 aromatic rings. The lowest BCUT2D eigenvalue weighted by atomic mass is 9.98. The molecule has 0 saturated heterocycles. The van der Waals surface area contributed by atoms with E-state index in [4.69, 9.17) is 5.73 Å². The average molecular weight is 258 g/mol.